The minimum atomic E-state index is -0.478. The van der Waals surface area contributed by atoms with Crippen LogP contribution in [0.2, 0.25) is 0 Å². The van der Waals surface area contributed by atoms with E-state index in [4.69, 9.17) is 10.5 Å². The fraction of sp³-hybridized carbons (Fsp3) is 0.250. The molecule has 0 saturated carbocycles. The van der Waals surface area contributed by atoms with Crippen molar-refractivity contribution in [1.82, 2.24) is 4.98 Å². The molecule has 1 rings (SSSR count). The van der Waals surface area contributed by atoms with Gasteiger partial charge in [-0.15, -0.1) is 0 Å². The van der Waals surface area contributed by atoms with Gasteiger partial charge in [0.25, 0.3) is 0 Å². The molecule has 0 spiro atoms. The number of hydrogen-bond donors (Lipinski definition) is 1. The van der Waals surface area contributed by atoms with Crippen LogP contribution in [-0.2, 0) is 0 Å². The Labute approximate surface area is 70.4 Å². The Bertz CT molecular complexity index is 310. The second-order valence-electron chi connectivity index (χ2n) is 2.41. The van der Waals surface area contributed by atoms with E-state index in [9.17, 15) is 4.79 Å². The van der Waals surface area contributed by atoms with Crippen molar-refractivity contribution in [2.24, 2.45) is 5.73 Å². The second-order valence-corrected chi connectivity index (χ2v) is 2.41. The van der Waals surface area contributed by atoms with E-state index in [1.807, 2.05) is 0 Å². The smallest absolute Gasteiger partial charge is 0.250 e. The molecule has 1 amide bonds. The molecule has 2 N–H and O–H groups in total. The number of pyridine rings is 1. The van der Waals surface area contributed by atoms with Crippen molar-refractivity contribution in [2.75, 3.05) is 7.11 Å². The Morgan fingerprint density at radius 2 is 2.33 bits per heavy atom. The number of hydrogen-bond acceptors (Lipinski definition) is 3. The number of carbonyl (C=O) groups excluding carboxylic acids is 1. The Kier molecular flexibility index (Phi) is 2.28. The summed E-state index contributed by atoms with van der Waals surface area (Å²) in [6.07, 6.45) is 1.40. The predicted molar refractivity (Wildman–Crippen MR) is 44.0 cm³/mol. The highest BCUT2D eigenvalue weighted by molar-refractivity contribution is 5.92. The number of rotatable bonds is 2. The molecule has 64 valence electrons. The van der Waals surface area contributed by atoms with Crippen LogP contribution in [-0.4, -0.2) is 18.0 Å². The van der Waals surface area contributed by atoms with E-state index in [-0.39, 0.29) is 0 Å². The number of aryl methyl sites for hydroxylation is 1. The zero-order valence-corrected chi connectivity index (χ0v) is 7.00. The predicted octanol–water partition coefficient (Wildman–Crippen LogP) is 0.498. The standard InChI is InChI=1S/C8H10N2O2/c1-5-3-6(7(9)11)4-10-8(5)12-2/h3-4H,1-2H3,(H2,9,11). The number of methoxy groups -OCH3 is 1. The molecule has 0 radical (unpaired) electrons. The first-order valence-corrected chi connectivity index (χ1v) is 3.45. The molecule has 12 heavy (non-hydrogen) atoms. The van der Waals surface area contributed by atoms with Crippen molar-refractivity contribution in [3.63, 3.8) is 0 Å². The van der Waals surface area contributed by atoms with Crippen LogP contribution in [0.5, 0.6) is 5.88 Å². The summed E-state index contributed by atoms with van der Waals surface area (Å²) in [6, 6.07) is 1.65. The molecule has 0 aliphatic carbocycles. The van der Waals surface area contributed by atoms with Gasteiger partial charge in [0.1, 0.15) is 0 Å². The van der Waals surface area contributed by atoms with E-state index < -0.39 is 5.91 Å². The zero-order valence-electron chi connectivity index (χ0n) is 7.00. The first kappa shape index (κ1) is 8.52. The second kappa shape index (κ2) is 3.21. The maximum absolute atomic E-state index is 10.7. The molecule has 1 aromatic rings. The number of ether oxygens (including phenoxy) is 1. The van der Waals surface area contributed by atoms with Gasteiger partial charge in [0.15, 0.2) is 0 Å². The molecular formula is C8H10N2O2. The molecule has 0 aliphatic heterocycles. The van der Waals surface area contributed by atoms with Crippen LogP contribution in [0.15, 0.2) is 12.3 Å². The van der Waals surface area contributed by atoms with Gasteiger partial charge in [-0.05, 0) is 13.0 Å². The van der Waals surface area contributed by atoms with Crippen LogP contribution in [0.3, 0.4) is 0 Å². The molecular weight excluding hydrogens is 156 g/mol. The lowest BCUT2D eigenvalue weighted by Gasteiger charge is -2.03. The molecule has 1 aromatic heterocycles. The fourth-order valence-corrected chi connectivity index (χ4v) is 0.911. The normalized spacial score (nSPS) is 9.50. The lowest BCUT2D eigenvalue weighted by atomic mass is 10.2. The molecule has 0 unspecified atom stereocenters. The zero-order chi connectivity index (χ0) is 9.14. The maximum Gasteiger partial charge on any atom is 0.250 e. The molecule has 0 bridgehead atoms. The molecule has 0 fully saturated rings. The Morgan fingerprint density at radius 3 is 2.75 bits per heavy atom. The molecule has 0 saturated heterocycles. The average Bonchev–Trinajstić information content (AvgIpc) is 2.04. The van der Waals surface area contributed by atoms with E-state index in [0.29, 0.717) is 11.4 Å². The van der Waals surface area contributed by atoms with Gasteiger partial charge in [0.05, 0.1) is 12.7 Å². The van der Waals surface area contributed by atoms with E-state index in [1.54, 1.807) is 13.0 Å². The molecule has 0 aromatic carbocycles. The number of aromatic nitrogens is 1. The minimum Gasteiger partial charge on any atom is -0.481 e. The van der Waals surface area contributed by atoms with Crippen molar-refractivity contribution >= 4 is 5.91 Å². The third-order valence-electron chi connectivity index (χ3n) is 1.51. The first-order chi connectivity index (χ1) is 5.65. The van der Waals surface area contributed by atoms with Gasteiger partial charge in [-0.1, -0.05) is 0 Å². The summed E-state index contributed by atoms with van der Waals surface area (Å²) in [6.45, 7) is 1.80. The van der Waals surface area contributed by atoms with Crippen molar-refractivity contribution in [1.29, 1.82) is 0 Å². The Morgan fingerprint density at radius 1 is 1.67 bits per heavy atom. The number of primary amides is 1. The molecule has 1 heterocycles. The van der Waals surface area contributed by atoms with Gasteiger partial charge >= 0.3 is 0 Å². The van der Waals surface area contributed by atoms with Gasteiger partial charge in [-0.3, -0.25) is 4.79 Å². The lowest BCUT2D eigenvalue weighted by molar-refractivity contribution is 0.1000. The average molecular weight is 166 g/mol. The van der Waals surface area contributed by atoms with Gasteiger partial charge in [0, 0.05) is 11.8 Å². The summed E-state index contributed by atoms with van der Waals surface area (Å²) in [5, 5.41) is 0. The third-order valence-corrected chi connectivity index (χ3v) is 1.51. The van der Waals surface area contributed by atoms with Crippen molar-refractivity contribution in [3.05, 3.63) is 23.4 Å². The van der Waals surface area contributed by atoms with Crippen LogP contribution in [0.4, 0.5) is 0 Å². The number of nitrogens with two attached hydrogens (primary N) is 1. The Balaban J connectivity index is 3.10. The van der Waals surface area contributed by atoms with Crippen molar-refractivity contribution in [3.8, 4) is 5.88 Å². The largest absolute Gasteiger partial charge is 0.481 e. The fourth-order valence-electron chi connectivity index (χ4n) is 0.911. The van der Waals surface area contributed by atoms with E-state index in [2.05, 4.69) is 4.98 Å². The number of carbonyl (C=O) groups is 1. The quantitative estimate of drug-likeness (QED) is 0.695. The van der Waals surface area contributed by atoms with Gasteiger partial charge < -0.3 is 10.5 Å². The van der Waals surface area contributed by atoms with Crippen molar-refractivity contribution < 1.29 is 9.53 Å². The number of nitrogens with zero attached hydrogens (tertiary/aromatic N) is 1. The third kappa shape index (κ3) is 1.53. The first-order valence-electron chi connectivity index (χ1n) is 3.45. The SMILES string of the molecule is COc1ncc(C(N)=O)cc1C. The van der Waals surface area contributed by atoms with Crippen LogP contribution in [0.25, 0.3) is 0 Å². The summed E-state index contributed by atoms with van der Waals surface area (Å²) >= 11 is 0. The molecule has 0 atom stereocenters. The minimum absolute atomic E-state index is 0.397. The maximum atomic E-state index is 10.7. The summed E-state index contributed by atoms with van der Waals surface area (Å²) in [7, 11) is 1.53. The van der Waals surface area contributed by atoms with E-state index in [1.165, 1.54) is 13.3 Å². The summed E-state index contributed by atoms with van der Waals surface area (Å²) in [4.78, 5) is 14.6. The summed E-state index contributed by atoms with van der Waals surface area (Å²) in [5.74, 6) is 0.0354. The van der Waals surface area contributed by atoms with Crippen LogP contribution < -0.4 is 10.5 Å². The van der Waals surface area contributed by atoms with Crippen LogP contribution >= 0.6 is 0 Å². The summed E-state index contributed by atoms with van der Waals surface area (Å²) < 4.78 is 4.92. The van der Waals surface area contributed by atoms with Crippen LogP contribution in [0, 0.1) is 6.92 Å². The van der Waals surface area contributed by atoms with Crippen LogP contribution in [0.1, 0.15) is 15.9 Å². The summed E-state index contributed by atoms with van der Waals surface area (Å²) in [5.41, 5.74) is 6.25. The highest BCUT2D eigenvalue weighted by Gasteiger charge is 2.04. The molecule has 0 aliphatic rings. The number of amides is 1. The van der Waals surface area contributed by atoms with Gasteiger partial charge in [-0.2, -0.15) is 0 Å². The van der Waals surface area contributed by atoms with E-state index in [0.717, 1.165) is 5.56 Å². The molecule has 4 nitrogen and oxygen atoms in total. The van der Waals surface area contributed by atoms with Gasteiger partial charge in [-0.25, -0.2) is 4.98 Å². The van der Waals surface area contributed by atoms with Crippen molar-refractivity contribution in [2.45, 2.75) is 6.92 Å². The highest BCUT2D eigenvalue weighted by Crippen LogP contribution is 2.13. The monoisotopic (exact) mass is 166 g/mol. The van der Waals surface area contributed by atoms with Gasteiger partial charge in [0.2, 0.25) is 11.8 Å². The lowest BCUT2D eigenvalue weighted by Crippen LogP contribution is -2.11. The Hall–Kier alpha value is -1.58. The molecule has 4 heteroatoms. The highest BCUT2D eigenvalue weighted by atomic mass is 16.5. The van der Waals surface area contributed by atoms with E-state index >= 15 is 0 Å². The topological polar surface area (TPSA) is 65.2 Å².